The molecular weight excluding hydrogens is 448 g/mol. The van der Waals surface area contributed by atoms with E-state index in [9.17, 15) is 29.4 Å². The molecule has 34 heavy (non-hydrogen) atoms. The molecule has 0 aliphatic carbocycles. The Hall–Kier alpha value is -3.78. The number of carboxylic acids is 1. The molecule has 0 radical (unpaired) electrons. The first-order valence-electron chi connectivity index (χ1n) is 10.7. The minimum absolute atomic E-state index is 0.00865. The van der Waals surface area contributed by atoms with Gasteiger partial charge in [-0.1, -0.05) is 0 Å². The normalized spacial score (nSPS) is 18.2. The number of carboxylic acid groups (broad SMARTS) is 1. The Morgan fingerprint density at radius 3 is 2.29 bits per heavy atom. The number of hydrogen-bond donors (Lipinski definition) is 7. The summed E-state index contributed by atoms with van der Waals surface area (Å²) in [6.07, 6.45) is 6.79. The molecule has 8 N–H and O–H groups in total. The van der Waals surface area contributed by atoms with Gasteiger partial charge in [0.05, 0.1) is 25.3 Å². The lowest BCUT2D eigenvalue weighted by molar-refractivity contribution is -0.145. The number of aliphatic hydroxyl groups is 1. The number of rotatable bonds is 11. The van der Waals surface area contributed by atoms with E-state index >= 15 is 0 Å². The predicted molar refractivity (Wildman–Crippen MR) is 116 cm³/mol. The molecule has 2 aromatic rings. The fraction of sp³-hybridized carbons (Fsp3) is 0.500. The standard InChI is InChI=1S/C20H28N8O6/c21-13(4-11-6-22-9-24-11)17(30)27-15(8-29)19(32)28-3-1-2-16(28)18(31)26-14(20(33)34)5-12-7-23-10-25-12/h6-7,9-10,13-16,29H,1-5,8,21H2,(H,22,24)(H,23,25)(H,26,31)(H,27,30)(H,33,34). The Morgan fingerprint density at radius 1 is 1.09 bits per heavy atom. The summed E-state index contributed by atoms with van der Waals surface area (Å²) in [5.41, 5.74) is 7.05. The third-order valence-electron chi connectivity index (χ3n) is 5.56. The molecule has 14 heteroatoms. The van der Waals surface area contributed by atoms with Crippen LogP contribution in [0.4, 0.5) is 0 Å². The Bertz CT molecular complexity index is 979. The van der Waals surface area contributed by atoms with Crippen molar-refractivity contribution in [1.29, 1.82) is 0 Å². The van der Waals surface area contributed by atoms with Crippen LogP contribution in [-0.2, 0) is 32.0 Å². The number of aliphatic carboxylic acids is 1. The van der Waals surface area contributed by atoms with Crippen molar-refractivity contribution in [2.24, 2.45) is 5.73 Å². The highest BCUT2D eigenvalue weighted by atomic mass is 16.4. The monoisotopic (exact) mass is 476 g/mol. The predicted octanol–water partition coefficient (Wildman–Crippen LogP) is -2.72. The Balaban J connectivity index is 1.61. The first kappa shape index (κ1) is 24.9. The average Bonchev–Trinajstić information content (AvgIpc) is 3.59. The maximum absolute atomic E-state index is 13.0. The summed E-state index contributed by atoms with van der Waals surface area (Å²) >= 11 is 0. The minimum atomic E-state index is -1.30. The highest BCUT2D eigenvalue weighted by Gasteiger charge is 2.39. The summed E-state index contributed by atoms with van der Waals surface area (Å²) in [6.45, 7) is -0.467. The van der Waals surface area contributed by atoms with E-state index in [1.165, 1.54) is 29.9 Å². The number of nitrogens with one attached hydrogen (secondary N) is 4. The van der Waals surface area contributed by atoms with Gasteiger partial charge in [0, 0.05) is 43.2 Å². The highest BCUT2D eigenvalue weighted by Crippen LogP contribution is 2.19. The summed E-state index contributed by atoms with van der Waals surface area (Å²) in [7, 11) is 0. The van der Waals surface area contributed by atoms with Crippen molar-refractivity contribution >= 4 is 23.7 Å². The van der Waals surface area contributed by atoms with Crippen molar-refractivity contribution in [3.63, 3.8) is 0 Å². The molecule has 1 aliphatic heterocycles. The summed E-state index contributed by atoms with van der Waals surface area (Å²) in [4.78, 5) is 64.5. The lowest BCUT2D eigenvalue weighted by atomic mass is 10.1. The molecular formula is C20H28N8O6. The third kappa shape index (κ3) is 6.17. The van der Waals surface area contributed by atoms with Gasteiger partial charge in [0.1, 0.15) is 18.1 Å². The van der Waals surface area contributed by atoms with E-state index in [-0.39, 0.29) is 19.4 Å². The fourth-order valence-corrected chi connectivity index (χ4v) is 3.78. The number of carbonyl (C=O) groups is 4. The number of aliphatic hydroxyl groups excluding tert-OH is 1. The van der Waals surface area contributed by atoms with E-state index < -0.39 is 54.5 Å². The molecule has 1 saturated heterocycles. The molecule has 4 unspecified atom stereocenters. The molecule has 0 aromatic carbocycles. The summed E-state index contributed by atoms with van der Waals surface area (Å²) < 4.78 is 0. The molecule has 0 saturated carbocycles. The highest BCUT2D eigenvalue weighted by molar-refractivity contribution is 5.94. The SMILES string of the molecule is NC(Cc1cnc[nH]1)C(=O)NC(CO)C(=O)N1CCCC1C(=O)NC(Cc1cnc[nH]1)C(=O)O. The van der Waals surface area contributed by atoms with Crippen molar-refractivity contribution in [1.82, 2.24) is 35.5 Å². The van der Waals surface area contributed by atoms with Crippen LogP contribution in [0, 0.1) is 0 Å². The molecule has 3 amide bonds. The van der Waals surface area contributed by atoms with Crippen molar-refractivity contribution < 1.29 is 29.4 Å². The first-order chi connectivity index (χ1) is 16.3. The molecule has 3 heterocycles. The van der Waals surface area contributed by atoms with Gasteiger partial charge in [-0.3, -0.25) is 14.4 Å². The topological polar surface area (TPSA) is 219 Å². The van der Waals surface area contributed by atoms with Crippen LogP contribution in [0.1, 0.15) is 24.2 Å². The van der Waals surface area contributed by atoms with Crippen LogP contribution in [0.25, 0.3) is 0 Å². The summed E-state index contributed by atoms with van der Waals surface area (Å²) in [5.74, 6) is -3.15. The lowest BCUT2D eigenvalue weighted by Crippen LogP contribution is -2.58. The van der Waals surface area contributed by atoms with Crippen molar-refractivity contribution in [2.75, 3.05) is 13.2 Å². The molecule has 2 aromatic heterocycles. The number of amides is 3. The average molecular weight is 476 g/mol. The molecule has 1 fully saturated rings. The molecule has 1 aliphatic rings. The number of nitrogens with zero attached hydrogens (tertiary/aromatic N) is 3. The van der Waals surface area contributed by atoms with E-state index in [1.807, 2.05) is 0 Å². The summed E-state index contributed by atoms with van der Waals surface area (Å²) in [6, 6.07) is -4.44. The number of nitrogens with two attached hydrogens (primary N) is 1. The van der Waals surface area contributed by atoms with E-state index in [2.05, 4.69) is 30.6 Å². The van der Waals surface area contributed by atoms with Crippen molar-refractivity contribution in [3.8, 4) is 0 Å². The number of carbonyl (C=O) groups excluding carboxylic acids is 3. The third-order valence-corrected chi connectivity index (χ3v) is 5.56. The van der Waals surface area contributed by atoms with Crippen LogP contribution in [-0.4, -0.2) is 96.1 Å². The van der Waals surface area contributed by atoms with Crippen LogP contribution >= 0.6 is 0 Å². The molecule has 3 rings (SSSR count). The first-order valence-corrected chi connectivity index (χ1v) is 10.7. The van der Waals surface area contributed by atoms with E-state index in [0.29, 0.717) is 24.2 Å². The van der Waals surface area contributed by atoms with Crippen molar-refractivity contribution in [2.45, 2.75) is 49.9 Å². The largest absolute Gasteiger partial charge is 0.480 e. The number of likely N-dealkylation sites (tertiary alicyclic amines) is 1. The van der Waals surface area contributed by atoms with Crippen LogP contribution in [0.15, 0.2) is 25.0 Å². The second-order valence-corrected chi connectivity index (χ2v) is 8.00. The Labute approximate surface area is 194 Å². The second-order valence-electron chi connectivity index (χ2n) is 8.00. The molecule has 0 bridgehead atoms. The van der Waals surface area contributed by atoms with Gasteiger partial charge >= 0.3 is 5.97 Å². The zero-order valence-corrected chi connectivity index (χ0v) is 18.3. The zero-order chi connectivity index (χ0) is 24.7. The van der Waals surface area contributed by atoms with E-state index in [4.69, 9.17) is 5.73 Å². The maximum atomic E-state index is 13.0. The van der Waals surface area contributed by atoms with Crippen molar-refractivity contribution in [3.05, 3.63) is 36.4 Å². The molecule has 0 spiro atoms. The van der Waals surface area contributed by atoms with Crippen LogP contribution in [0.2, 0.25) is 0 Å². The van der Waals surface area contributed by atoms with Crippen LogP contribution in [0.3, 0.4) is 0 Å². The Kier molecular flexibility index (Phi) is 8.32. The smallest absolute Gasteiger partial charge is 0.326 e. The molecule has 4 atom stereocenters. The van der Waals surface area contributed by atoms with Gasteiger partial charge in [-0.05, 0) is 12.8 Å². The molecule has 184 valence electrons. The van der Waals surface area contributed by atoms with E-state index in [1.54, 1.807) is 0 Å². The van der Waals surface area contributed by atoms with Gasteiger partial charge < -0.3 is 41.4 Å². The quantitative estimate of drug-likeness (QED) is 0.179. The summed E-state index contributed by atoms with van der Waals surface area (Å²) in [5, 5.41) is 24.1. The second kappa shape index (κ2) is 11.4. The van der Waals surface area contributed by atoms with Gasteiger partial charge in [0.2, 0.25) is 17.7 Å². The minimum Gasteiger partial charge on any atom is -0.480 e. The number of H-pyrrole nitrogens is 2. The van der Waals surface area contributed by atoms with Gasteiger partial charge in [0.25, 0.3) is 0 Å². The maximum Gasteiger partial charge on any atom is 0.326 e. The van der Waals surface area contributed by atoms with Crippen LogP contribution in [0.5, 0.6) is 0 Å². The number of hydrogen-bond acceptors (Lipinski definition) is 8. The van der Waals surface area contributed by atoms with Gasteiger partial charge in [-0.2, -0.15) is 0 Å². The molecule has 14 nitrogen and oxygen atoms in total. The number of aromatic amines is 2. The van der Waals surface area contributed by atoms with E-state index in [0.717, 1.165) is 0 Å². The van der Waals surface area contributed by atoms with Gasteiger partial charge in [-0.15, -0.1) is 0 Å². The lowest BCUT2D eigenvalue weighted by Gasteiger charge is -2.29. The Morgan fingerprint density at radius 2 is 1.74 bits per heavy atom. The number of aromatic nitrogens is 4. The van der Waals surface area contributed by atoms with Crippen LogP contribution < -0.4 is 16.4 Å². The van der Waals surface area contributed by atoms with Gasteiger partial charge in [-0.25, -0.2) is 14.8 Å². The zero-order valence-electron chi connectivity index (χ0n) is 18.3. The fourth-order valence-electron chi connectivity index (χ4n) is 3.78. The van der Waals surface area contributed by atoms with Gasteiger partial charge in [0.15, 0.2) is 0 Å². The number of imidazole rings is 2.